The number of aryl methyl sites for hydroxylation is 1. The number of nitrogens with one attached hydrogen (secondary N) is 2. The van der Waals surface area contributed by atoms with Gasteiger partial charge in [-0.15, -0.1) is 10.2 Å². The zero-order valence-electron chi connectivity index (χ0n) is 16.6. The molecule has 0 saturated carbocycles. The number of rotatable bonds is 7. The highest BCUT2D eigenvalue weighted by atomic mass is 35.5. The summed E-state index contributed by atoms with van der Waals surface area (Å²) in [6.07, 6.45) is 1.45. The van der Waals surface area contributed by atoms with Crippen LogP contribution in [0, 0.1) is 6.92 Å². The molecular weight excluding hydrogens is 458 g/mol. The highest BCUT2D eigenvalue weighted by molar-refractivity contribution is 8.00. The summed E-state index contributed by atoms with van der Waals surface area (Å²) in [6, 6.07) is 12.1. The van der Waals surface area contributed by atoms with E-state index in [1.165, 1.54) is 17.6 Å². The van der Waals surface area contributed by atoms with E-state index in [1.807, 2.05) is 19.1 Å². The molecule has 2 N–H and O–H groups in total. The van der Waals surface area contributed by atoms with Crippen molar-refractivity contribution in [1.82, 2.24) is 15.6 Å². The van der Waals surface area contributed by atoms with Gasteiger partial charge in [-0.25, -0.2) is 5.43 Å². The largest absolute Gasteiger partial charge is 0.496 e. The lowest BCUT2D eigenvalue weighted by molar-refractivity contribution is -0.136. The van der Waals surface area contributed by atoms with Crippen LogP contribution in [0.15, 0.2) is 51.9 Å². The maximum Gasteiger partial charge on any atom is 0.329 e. The topological polar surface area (TPSA) is 106 Å². The van der Waals surface area contributed by atoms with Crippen molar-refractivity contribution in [3.05, 3.63) is 63.6 Å². The van der Waals surface area contributed by atoms with Crippen molar-refractivity contribution < 1.29 is 14.3 Å². The van der Waals surface area contributed by atoms with Crippen molar-refractivity contribution in [2.24, 2.45) is 5.10 Å². The molecule has 0 spiro atoms. The minimum absolute atomic E-state index is 0.333. The van der Waals surface area contributed by atoms with Crippen LogP contribution in [0.3, 0.4) is 0 Å². The number of para-hydroxylation sites is 1. The Balaban J connectivity index is 1.60. The average molecular weight is 476 g/mol. The van der Waals surface area contributed by atoms with Crippen LogP contribution in [0.5, 0.6) is 5.75 Å². The third-order valence-corrected chi connectivity index (χ3v) is 6.22. The van der Waals surface area contributed by atoms with Gasteiger partial charge in [0.15, 0.2) is 4.34 Å². The molecule has 31 heavy (non-hydrogen) atoms. The van der Waals surface area contributed by atoms with Gasteiger partial charge in [-0.1, -0.05) is 46.8 Å². The van der Waals surface area contributed by atoms with E-state index < -0.39 is 11.8 Å². The van der Waals surface area contributed by atoms with Gasteiger partial charge >= 0.3 is 11.8 Å². The third kappa shape index (κ3) is 6.51. The van der Waals surface area contributed by atoms with Gasteiger partial charge < -0.3 is 10.1 Å². The molecule has 0 aliphatic carbocycles. The quantitative estimate of drug-likeness (QED) is 0.232. The molecule has 0 radical (unpaired) electrons. The highest BCUT2D eigenvalue weighted by Crippen LogP contribution is 2.30. The summed E-state index contributed by atoms with van der Waals surface area (Å²) in [5, 5.41) is 15.6. The summed E-state index contributed by atoms with van der Waals surface area (Å²) in [7, 11) is 1.60. The molecule has 0 unspecified atom stereocenters. The Bertz CT molecular complexity index is 1120. The molecule has 2 aromatic carbocycles. The van der Waals surface area contributed by atoms with Gasteiger partial charge in [0, 0.05) is 11.3 Å². The maximum absolute atomic E-state index is 12.0. The summed E-state index contributed by atoms with van der Waals surface area (Å²) in [4.78, 5) is 23.9. The van der Waals surface area contributed by atoms with E-state index in [0.717, 1.165) is 26.2 Å². The van der Waals surface area contributed by atoms with Crippen molar-refractivity contribution in [1.29, 1.82) is 0 Å². The lowest BCUT2D eigenvalue weighted by Gasteiger charge is -2.08. The number of amides is 2. The van der Waals surface area contributed by atoms with E-state index in [2.05, 4.69) is 26.0 Å². The van der Waals surface area contributed by atoms with Crippen molar-refractivity contribution in [2.75, 3.05) is 12.4 Å². The number of carbonyl (C=O) groups excluding carboxylic acids is 2. The smallest absolute Gasteiger partial charge is 0.329 e. The van der Waals surface area contributed by atoms with Crippen molar-refractivity contribution in [3.63, 3.8) is 0 Å². The Labute approximate surface area is 192 Å². The molecule has 1 aromatic heterocycles. The Morgan fingerprint density at radius 2 is 2.03 bits per heavy atom. The van der Waals surface area contributed by atoms with E-state index in [-0.39, 0.29) is 0 Å². The number of benzene rings is 2. The summed E-state index contributed by atoms with van der Waals surface area (Å²) >= 11 is 9.05. The molecule has 11 heteroatoms. The Morgan fingerprint density at radius 1 is 1.23 bits per heavy atom. The van der Waals surface area contributed by atoms with E-state index in [4.69, 9.17) is 16.3 Å². The molecule has 3 aromatic rings. The van der Waals surface area contributed by atoms with Gasteiger partial charge in [0.25, 0.3) is 0 Å². The van der Waals surface area contributed by atoms with Gasteiger partial charge in [0.1, 0.15) is 10.8 Å². The highest BCUT2D eigenvalue weighted by Gasteiger charge is 2.14. The maximum atomic E-state index is 12.0. The Kier molecular flexibility index (Phi) is 7.99. The first kappa shape index (κ1) is 22.7. The Morgan fingerprint density at radius 3 is 2.74 bits per heavy atom. The normalized spacial score (nSPS) is 10.8. The van der Waals surface area contributed by atoms with E-state index in [9.17, 15) is 9.59 Å². The first-order valence-corrected chi connectivity index (χ1v) is 11.1. The van der Waals surface area contributed by atoms with Crippen LogP contribution in [-0.4, -0.2) is 35.3 Å². The molecule has 0 fully saturated rings. The van der Waals surface area contributed by atoms with Crippen molar-refractivity contribution in [3.8, 4) is 5.75 Å². The number of hydrogen-bond acceptors (Lipinski definition) is 8. The standard InChI is InChI=1S/C20H18ClN5O3S2/c1-12-24-26-20(31-12)30-11-14-9-13(7-8-17(14)29-2)10-22-25-19(28)18(27)23-16-6-4-3-5-15(16)21/h3-10H,11H2,1-2H3,(H,23,27)(H,25,28)/b22-10+. The van der Waals surface area contributed by atoms with Crippen LogP contribution in [0.25, 0.3) is 0 Å². The molecule has 0 atom stereocenters. The number of thioether (sulfide) groups is 1. The third-order valence-electron chi connectivity index (χ3n) is 3.87. The van der Waals surface area contributed by atoms with Crippen molar-refractivity contribution in [2.45, 2.75) is 17.0 Å². The second-order valence-corrected chi connectivity index (χ2v) is 8.89. The fourth-order valence-corrected chi connectivity index (χ4v) is 4.40. The average Bonchev–Trinajstić information content (AvgIpc) is 3.19. The summed E-state index contributed by atoms with van der Waals surface area (Å²) < 4.78 is 6.28. The van der Waals surface area contributed by atoms with Gasteiger partial charge in [0.05, 0.1) is 24.0 Å². The van der Waals surface area contributed by atoms with Gasteiger partial charge in [-0.2, -0.15) is 5.10 Å². The molecule has 2 amide bonds. The second-order valence-electron chi connectivity index (χ2n) is 6.08. The Hall–Kier alpha value is -2.95. The predicted octanol–water partition coefficient (Wildman–Crippen LogP) is 3.89. The van der Waals surface area contributed by atoms with Crippen molar-refractivity contribution >= 4 is 58.4 Å². The molecule has 3 rings (SSSR count). The molecule has 160 valence electrons. The van der Waals surface area contributed by atoms with Crippen LogP contribution >= 0.6 is 34.7 Å². The van der Waals surface area contributed by atoms with Crippen LogP contribution < -0.4 is 15.5 Å². The number of methoxy groups -OCH3 is 1. The number of hydrazone groups is 1. The first-order valence-electron chi connectivity index (χ1n) is 8.95. The zero-order chi connectivity index (χ0) is 22.2. The summed E-state index contributed by atoms with van der Waals surface area (Å²) in [6.45, 7) is 1.91. The molecule has 1 heterocycles. The lowest BCUT2D eigenvalue weighted by Crippen LogP contribution is -2.32. The number of carbonyl (C=O) groups is 2. The molecule has 0 aliphatic rings. The lowest BCUT2D eigenvalue weighted by atomic mass is 10.1. The number of anilines is 1. The molecule has 8 nitrogen and oxygen atoms in total. The minimum Gasteiger partial charge on any atom is -0.496 e. The van der Waals surface area contributed by atoms with Gasteiger partial charge in [-0.3, -0.25) is 9.59 Å². The fraction of sp³-hybridized carbons (Fsp3) is 0.150. The number of halogens is 1. The second kappa shape index (κ2) is 10.9. The van der Waals surface area contributed by atoms with E-state index >= 15 is 0 Å². The van der Waals surface area contributed by atoms with Crippen LogP contribution in [-0.2, 0) is 15.3 Å². The number of hydrogen-bond donors (Lipinski definition) is 2. The first-order chi connectivity index (χ1) is 15.0. The molecule has 0 bridgehead atoms. The number of ether oxygens (including phenoxy) is 1. The minimum atomic E-state index is -0.910. The predicted molar refractivity (Wildman–Crippen MR) is 123 cm³/mol. The molecular formula is C20H18ClN5O3S2. The van der Waals surface area contributed by atoms with E-state index in [0.29, 0.717) is 16.5 Å². The van der Waals surface area contributed by atoms with Crippen LogP contribution in [0.2, 0.25) is 5.02 Å². The monoisotopic (exact) mass is 475 g/mol. The molecule has 0 aliphatic heterocycles. The van der Waals surface area contributed by atoms with E-state index in [1.54, 1.807) is 49.2 Å². The van der Waals surface area contributed by atoms with Crippen LogP contribution in [0.4, 0.5) is 5.69 Å². The summed E-state index contributed by atoms with van der Waals surface area (Å²) in [5.41, 5.74) is 4.22. The zero-order valence-corrected chi connectivity index (χ0v) is 19.0. The van der Waals surface area contributed by atoms with Crippen LogP contribution in [0.1, 0.15) is 16.1 Å². The number of aromatic nitrogens is 2. The van der Waals surface area contributed by atoms with Gasteiger partial charge in [-0.05, 0) is 42.8 Å². The fourth-order valence-electron chi connectivity index (χ4n) is 2.43. The number of nitrogens with zero attached hydrogens (tertiary/aromatic N) is 3. The summed E-state index contributed by atoms with van der Waals surface area (Å²) in [5.74, 6) is -0.419. The van der Waals surface area contributed by atoms with Gasteiger partial charge in [0.2, 0.25) is 0 Å². The SMILES string of the molecule is COc1ccc(/C=N/NC(=O)C(=O)Nc2ccccc2Cl)cc1CSc1nnc(C)s1. The molecule has 0 saturated heterocycles.